The number of carbonyl (C=O) groups is 1. The largest absolute Gasteiger partial charge is 0.632 e. The van der Waals surface area contributed by atoms with Gasteiger partial charge in [0.2, 0.25) is 0 Å². The highest BCUT2D eigenvalue weighted by Crippen LogP contribution is 2.29. The van der Waals surface area contributed by atoms with Crippen LogP contribution in [-0.2, 0) is 11.3 Å². The molecule has 2 unspecified atom stereocenters. The van der Waals surface area contributed by atoms with Gasteiger partial charge in [0.15, 0.2) is 0 Å². The summed E-state index contributed by atoms with van der Waals surface area (Å²) in [5, 5.41) is 15.8. The molecule has 7 nitrogen and oxygen atoms in total. The van der Waals surface area contributed by atoms with E-state index in [-0.39, 0.29) is 49.1 Å². The molecular weight excluding hydrogens is 413 g/mol. The second-order valence-corrected chi connectivity index (χ2v) is 7.43. The van der Waals surface area contributed by atoms with Crippen molar-refractivity contribution in [3.63, 3.8) is 0 Å². The van der Waals surface area contributed by atoms with Crippen molar-refractivity contribution in [1.29, 1.82) is 0 Å². The molecule has 1 saturated heterocycles. The Kier molecular flexibility index (Phi) is 5.23. The number of nitrogens with zero attached hydrogens (tertiary/aromatic N) is 1. The number of hydrogen-bond donors (Lipinski definition) is 2. The van der Waals surface area contributed by atoms with Crippen LogP contribution in [0.1, 0.15) is 29.6 Å². The van der Waals surface area contributed by atoms with Crippen LogP contribution in [0.3, 0.4) is 0 Å². The number of benzene rings is 2. The van der Waals surface area contributed by atoms with Gasteiger partial charge in [-0.05, 0) is 25.1 Å². The molecule has 3 N–H and O–H groups in total. The van der Waals surface area contributed by atoms with E-state index in [0.717, 1.165) is 12.1 Å². The predicted molar refractivity (Wildman–Crippen MR) is 113 cm³/mol. The van der Waals surface area contributed by atoms with Gasteiger partial charge in [0, 0.05) is 22.3 Å². The van der Waals surface area contributed by atoms with E-state index in [1.54, 1.807) is 12.1 Å². The van der Waals surface area contributed by atoms with Crippen molar-refractivity contribution >= 4 is 23.2 Å². The number of hydrogen-bond acceptors (Lipinski definition) is 5. The zero-order valence-corrected chi connectivity index (χ0v) is 16.7. The van der Waals surface area contributed by atoms with Crippen molar-refractivity contribution in [2.45, 2.75) is 19.5 Å². The first kappa shape index (κ1) is 16.3. The van der Waals surface area contributed by atoms with Gasteiger partial charge in [0.05, 0.1) is 32.2 Å². The van der Waals surface area contributed by atoms with Gasteiger partial charge >= 0.3 is 0 Å². The Morgan fingerprint density at radius 3 is 3.00 bits per heavy atom. The summed E-state index contributed by atoms with van der Waals surface area (Å²) >= 11 is 6.01. The van der Waals surface area contributed by atoms with Crippen LogP contribution in [0.25, 0.3) is 0 Å². The zero-order valence-electron chi connectivity index (χ0n) is 21.0. The summed E-state index contributed by atoms with van der Waals surface area (Å²) < 4.78 is 60.5. The topological polar surface area (TPSA) is 96.6 Å². The molecule has 0 aromatic heterocycles. The standard InChI is InChI=1S/C21H25ClFN3O4/c1-2-29-20-10-19(24)18(22)9-17(20)21(27)25-11-16-13-26(28,7-8-30-16)12-14-3-5-15(23)6-4-14/h3-6,9-10,16H,2,7-8,11-13,24H2,1H3,(H,25,27)/i1D3,2D2. The van der Waals surface area contributed by atoms with Crippen LogP contribution in [0.15, 0.2) is 36.4 Å². The third kappa shape index (κ3) is 5.60. The van der Waals surface area contributed by atoms with Crippen molar-refractivity contribution < 1.29 is 30.2 Å². The number of ether oxygens (including phenoxy) is 2. The normalized spacial score (nSPS) is 24.6. The summed E-state index contributed by atoms with van der Waals surface area (Å²) in [4.78, 5) is 12.9. The Morgan fingerprint density at radius 1 is 1.50 bits per heavy atom. The first-order valence-electron chi connectivity index (χ1n) is 11.7. The van der Waals surface area contributed by atoms with Gasteiger partial charge in [-0.2, -0.15) is 0 Å². The average molecular weight is 443 g/mol. The Bertz CT molecular complexity index is 1070. The van der Waals surface area contributed by atoms with Crippen molar-refractivity contribution in [2.75, 3.05) is 38.5 Å². The lowest BCUT2D eigenvalue weighted by molar-refractivity contribution is -0.905. The van der Waals surface area contributed by atoms with Crippen LogP contribution in [0.5, 0.6) is 5.75 Å². The lowest BCUT2D eigenvalue weighted by Gasteiger charge is -2.47. The number of carbonyl (C=O) groups excluding carboxylic acids is 1. The highest BCUT2D eigenvalue weighted by atomic mass is 35.5. The van der Waals surface area contributed by atoms with Crippen LogP contribution >= 0.6 is 11.6 Å². The Hall–Kier alpha value is -2.39. The third-order valence-electron chi connectivity index (χ3n) is 4.77. The summed E-state index contributed by atoms with van der Waals surface area (Å²) in [6.45, 7) is -5.80. The molecule has 162 valence electrons. The van der Waals surface area contributed by atoms with Gasteiger partial charge in [-0.1, -0.05) is 23.7 Å². The average Bonchev–Trinajstić information content (AvgIpc) is 2.75. The zero-order chi connectivity index (χ0) is 26.0. The van der Waals surface area contributed by atoms with Crippen LogP contribution in [0, 0.1) is 11.0 Å². The van der Waals surface area contributed by atoms with Crippen LogP contribution in [0.2, 0.25) is 5.02 Å². The Balaban J connectivity index is 1.69. The van der Waals surface area contributed by atoms with Gasteiger partial charge in [0.1, 0.15) is 37.3 Å². The molecular formula is C21H25ClFN3O4. The third-order valence-corrected chi connectivity index (χ3v) is 5.09. The Labute approximate surface area is 186 Å². The fourth-order valence-electron chi connectivity index (χ4n) is 3.28. The van der Waals surface area contributed by atoms with Gasteiger partial charge in [-0.15, -0.1) is 0 Å². The quantitative estimate of drug-likeness (QED) is 0.390. The number of nitrogen functional groups attached to an aromatic ring is 1. The van der Waals surface area contributed by atoms with Gasteiger partial charge in [-0.25, -0.2) is 4.39 Å². The van der Waals surface area contributed by atoms with E-state index in [1.165, 1.54) is 12.1 Å². The Morgan fingerprint density at radius 2 is 2.27 bits per heavy atom. The highest BCUT2D eigenvalue weighted by Gasteiger charge is 2.30. The molecule has 0 aliphatic carbocycles. The maximum Gasteiger partial charge on any atom is 0.255 e. The molecule has 1 heterocycles. The smallest absolute Gasteiger partial charge is 0.255 e. The maximum atomic E-state index is 13.2. The van der Waals surface area contributed by atoms with Crippen molar-refractivity contribution in [2.24, 2.45) is 0 Å². The number of hydroxylamine groups is 3. The molecule has 2 aromatic rings. The molecule has 3 rings (SSSR count). The van der Waals surface area contributed by atoms with Gasteiger partial charge < -0.3 is 30.4 Å². The van der Waals surface area contributed by atoms with E-state index >= 15 is 0 Å². The molecule has 0 saturated carbocycles. The van der Waals surface area contributed by atoms with Crippen LogP contribution in [0.4, 0.5) is 10.1 Å². The molecule has 0 spiro atoms. The SMILES string of the molecule is [2H]C([2H])([2H])C([2H])([2H])Oc1cc(N)c(Cl)cc1C(=O)NCC1C[N+]([O-])(Cc2ccc(F)cc2)CCO1. The minimum absolute atomic E-state index is 0.0135. The number of rotatable bonds is 7. The highest BCUT2D eigenvalue weighted by molar-refractivity contribution is 6.33. The van der Waals surface area contributed by atoms with E-state index in [2.05, 4.69) is 5.32 Å². The van der Waals surface area contributed by atoms with E-state index in [4.69, 9.17) is 33.7 Å². The molecule has 9 heteroatoms. The number of halogens is 2. The fourth-order valence-corrected chi connectivity index (χ4v) is 3.44. The van der Waals surface area contributed by atoms with E-state index in [1.807, 2.05) is 0 Å². The fraction of sp³-hybridized carbons (Fsp3) is 0.381. The summed E-state index contributed by atoms with van der Waals surface area (Å²) in [5.74, 6) is -1.55. The van der Waals surface area contributed by atoms with Crippen molar-refractivity contribution in [1.82, 2.24) is 5.32 Å². The summed E-state index contributed by atoms with van der Waals surface area (Å²) in [5.41, 5.74) is 6.13. The summed E-state index contributed by atoms with van der Waals surface area (Å²) in [7, 11) is 0. The first-order valence-corrected chi connectivity index (χ1v) is 9.56. The van der Waals surface area contributed by atoms with E-state index in [9.17, 15) is 14.4 Å². The minimum Gasteiger partial charge on any atom is -0.632 e. The number of amides is 1. The van der Waals surface area contributed by atoms with Gasteiger partial charge in [0.25, 0.3) is 5.91 Å². The molecule has 1 amide bonds. The number of nitrogens with two attached hydrogens (primary N) is 1. The maximum absolute atomic E-state index is 13.2. The molecule has 2 atom stereocenters. The van der Waals surface area contributed by atoms with E-state index in [0.29, 0.717) is 5.56 Å². The lowest BCUT2D eigenvalue weighted by Crippen LogP contribution is -2.56. The number of anilines is 1. The molecule has 0 radical (unpaired) electrons. The first-order chi connectivity index (χ1) is 16.2. The minimum atomic E-state index is -3.13. The number of morpholine rings is 1. The van der Waals surface area contributed by atoms with Gasteiger partial charge in [-0.3, -0.25) is 4.79 Å². The number of quaternary nitrogens is 1. The molecule has 2 aromatic carbocycles. The van der Waals surface area contributed by atoms with Crippen molar-refractivity contribution in [3.05, 3.63) is 63.6 Å². The summed E-state index contributed by atoms with van der Waals surface area (Å²) in [6.07, 6.45) is -0.631. The molecule has 30 heavy (non-hydrogen) atoms. The molecule has 0 bridgehead atoms. The summed E-state index contributed by atoms with van der Waals surface area (Å²) in [6, 6.07) is 7.87. The van der Waals surface area contributed by atoms with E-state index < -0.39 is 41.6 Å². The molecule has 1 aliphatic heterocycles. The number of nitrogens with one attached hydrogen (secondary N) is 1. The molecule has 1 fully saturated rings. The second kappa shape index (κ2) is 9.61. The van der Waals surface area contributed by atoms with Crippen LogP contribution in [-0.4, -0.2) is 49.5 Å². The second-order valence-electron chi connectivity index (χ2n) is 7.03. The lowest BCUT2D eigenvalue weighted by atomic mass is 10.1. The molecule has 1 aliphatic rings. The van der Waals surface area contributed by atoms with Crippen LogP contribution < -0.4 is 15.8 Å². The predicted octanol–water partition coefficient (Wildman–Crippen LogP) is 3.10. The van der Waals surface area contributed by atoms with Crippen molar-refractivity contribution in [3.8, 4) is 5.75 Å². The monoisotopic (exact) mass is 442 g/mol.